The molecule has 0 aliphatic heterocycles. The van der Waals surface area contributed by atoms with Crippen LogP contribution in [-0.4, -0.2) is 25.5 Å². The van der Waals surface area contributed by atoms with Gasteiger partial charge in [0.05, 0.1) is 12.2 Å². The standard InChI is InChI=1S/C18H20N2O3S/c1-3-23-12-9-7-11(8-10-12)16(21)20-18-15(17(22)19-2)13-5-4-6-14(13)24-18/h7-10H,3-6H2,1-2H3,(H,19,22)(H,20,21). The predicted octanol–water partition coefficient (Wildman–Crippen LogP) is 3.25. The molecule has 1 aromatic heterocycles. The van der Waals surface area contributed by atoms with Crippen molar-refractivity contribution in [3.05, 3.63) is 45.8 Å². The van der Waals surface area contributed by atoms with E-state index in [1.54, 1.807) is 31.3 Å². The van der Waals surface area contributed by atoms with Gasteiger partial charge in [-0.15, -0.1) is 11.3 Å². The third-order valence-corrected chi connectivity index (χ3v) is 5.24. The summed E-state index contributed by atoms with van der Waals surface area (Å²) in [6, 6.07) is 6.99. The molecular weight excluding hydrogens is 324 g/mol. The normalized spacial score (nSPS) is 12.6. The van der Waals surface area contributed by atoms with Gasteiger partial charge in [-0.25, -0.2) is 0 Å². The summed E-state index contributed by atoms with van der Waals surface area (Å²) in [7, 11) is 1.61. The summed E-state index contributed by atoms with van der Waals surface area (Å²) in [6.07, 6.45) is 2.94. The average molecular weight is 344 g/mol. The van der Waals surface area contributed by atoms with E-state index in [1.165, 1.54) is 16.2 Å². The van der Waals surface area contributed by atoms with Crippen LogP contribution in [-0.2, 0) is 12.8 Å². The number of amides is 2. The lowest BCUT2D eigenvalue weighted by Crippen LogP contribution is -2.21. The van der Waals surface area contributed by atoms with Gasteiger partial charge in [-0.05, 0) is 56.0 Å². The molecule has 24 heavy (non-hydrogen) atoms. The summed E-state index contributed by atoms with van der Waals surface area (Å²) < 4.78 is 5.38. The zero-order valence-corrected chi connectivity index (χ0v) is 14.6. The zero-order chi connectivity index (χ0) is 17.1. The van der Waals surface area contributed by atoms with Crippen LogP contribution in [0.15, 0.2) is 24.3 Å². The monoisotopic (exact) mass is 344 g/mol. The highest BCUT2D eigenvalue weighted by molar-refractivity contribution is 7.17. The highest BCUT2D eigenvalue weighted by atomic mass is 32.1. The van der Waals surface area contributed by atoms with Gasteiger partial charge >= 0.3 is 0 Å². The predicted molar refractivity (Wildman–Crippen MR) is 95.3 cm³/mol. The van der Waals surface area contributed by atoms with Crippen molar-refractivity contribution in [2.75, 3.05) is 19.0 Å². The number of ether oxygens (including phenoxy) is 1. The number of hydrogen-bond donors (Lipinski definition) is 2. The second-order valence-corrected chi connectivity index (χ2v) is 6.66. The van der Waals surface area contributed by atoms with E-state index >= 15 is 0 Å². The van der Waals surface area contributed by atoms with Crippen LogP contribution in [0, 0.1) is 0 Å². The van der Waals surface area contributed by atoms with Crippen molar-refractivity contribution in [3.63, 3.8) is 0 Å². The first kappa shape index (κ1) is 16.5. The zero-order valence-electron chi connectivity index (χ0n) is 13.8. The Bertz CT molecular complexity index is 765. The van der Waals surface area contributed by atoms with E-state index in [2.05, 4.69) is 10.6 Å². The Kier molecular flexibility index (Phi) is 4.85. The molecule has 6 heteroatoms. The molecule has 0 fully saturated rings. The topological polar surface area (TPSA) is 67.4 Å². The third kappa shape index (κ3) is 3.14. The third-order valence-electron chi connectivity index (χ3n) is 4.03. The molecule has 0 spiro atoms. The number of aryl methyl sites for hydroxylation is 1. The Morgan fingerprint density at radius 1 is 1.17 bits per heavy atom. The van der Waals surface area contributed by atoms with Crippen LogP contribution in [0.5, 0.6) is 5.75 Å². The van der Waals surface area contributed by atoms with Gasteiger partial charge < -0.3 is 15.4 Å². The van der Waals surface area contributed by atoms with Crippen molar-refractivity contribution < 1.29 is 14.3 Å². The van der Waals surface area contributed by atoms with Gasteiger partial charge in [0.2, 0.25) is 0 Å². The van der Waals surface area contributed by atoms with Crippen LogP contribution in [0.4, 0.5) is 5.00 Å². The van der Waals surface area contributed by atoms with E-state index < -0.39 is 0 Å². The SMILES string of the molecule is CCOc1ccc(C(=O)Nc2sc3c(c2C(=O)NC)CCC3)cc1. The Labute approximate surface area is 145 Å². The van der Waals surface area contributed by atoms with Crippen molar-refractivity contribution >= 4 is 28.2 Å². The Morgan fingerprint density at radius 3 is 2.58 bits per heavy atom. The summed E-state index contributed by atoms with van der Waals surface area (Å²) in [6.45, 7) is 2.50. The van der Waals surface area contributed by atoms with Gasteiger partial charge in [0.25, 0.3) is 11.8 Å². The Hall–Kier alpha value is -2.34. The van der Waals surface area contributed by atoms with Crippen molar-refractivity contribution in [2.45, 2.75) is 26.2 Å². The first-order valence-electron chi connectivity index (χ1n) is 8.04. The molecule has 1 aliphatic rings. The first-order chi connectivity index (χ1) is 11.6. The van der Waals surface area contributed by atoms with E-state index in [-0.39, 0.29) is 11.8 Å². The minimum atomic E-state index is -0.219. The van der Waals surface area contributed by atoms with E-state index in [4.69, 9.17) is 4.74 Å². The Balaban J connectivity index is 1.83. The highest BCUT2D eigenvalue weighted by Gasteiger charge is 2.27. The van der Waals surface area contributed by atoms with Gasteiger partial charge in [0.15, 0.2) is 0 Å². The summed E-state index contributed by atoms with van der Waals surface area (Å²) in [5, 5.41) is 6.21. The molecule has 2 aromatic rings. The van der Waals surface area contributed by atoms with Crippen LogP contribution in [0.1, 0.15) is 44.5 Å². The van der Waals surface area contributed by atoms with Crippen LogP contribution < -0.4 is 15.4 Å². The largest absolute Gasteiger partial charge is 0.494 e. The quantitative estimate of drug-likeness (QED) is 0.875. The molecule has 1 heterocycles. The molecule has 0 bridgehead atoms. The minimum absolute atomic E-state index is 0.142. The number of carbonyl (C=O) groups excluding carboxylic acids is 2. The van der Waals surface area contributed by atoms with Gasteiger partial charge in [-0.1, -0.05) is 0 Å². The highest BCUT2D eigenvalue weighted by Crippen LogP contribution is 2.39. The number of benzene rings is 1. The van der Waals surface area contributed by atoms with Crippen LogP contribution in [0.2, 0.25) is 0 Å². The fourth-order valence-corrected chi connectivity index (χ4v) is 4.18. The molecule has 0 radical (unpaired) electrons. The Morgan fingerprint density at radius 2 is 1.92 bits per heavy atom. The molecule has 0 saturated heterocycles. The number of thiophene rings is 1. The molecule has 3 rings (SSSR count). The lowest BCUT2D eigenvalue weighted by Gasteiger charge is -2.08. The van der Waals surface area contributed by atoms with Crippen LogP contribution in [0.3, 0.4) is 0 Å². The summed E-state index contributed by atoms with van der Waals surface area (Å²) in [4.78, 5) is 25.9. The second kappa shape index (κ2) is 7.05. The smallest absolute Gasteiger partial charge is 0.256 e. The minimum Gasteiger partial charge on any atom is -0.494 e. The fourth-order valence-electron chi connectivity index (χ4n) is 2.90. The summed E-state index contributed by atoms with van der Waals surface area (Å²) in [5.74, 6) is 0.370. The molecule has 0 unspecified atom stereocenters. The molecule has 1 aromatic carbocycles. The molecule has 2 N–H and O–H groups in total. The fraction of sp³-hybridized carbons (Fsp3) is 0.333. The maximum Gasteiger partial charge on any atom is 0.256 e. The van der Waals surface area contributed by atoms with E-state index in [1.807, 2.05) is 6.92 Å². The number of anilines is 1. The van der Waals surface area contributed by atoms with Gasteiger partial charge in [0.1, 0.15) is 10.8 Å². The van der Waals surface area contributed by atoms with Crippen LogP contribution in [0.25, 0.3) is 0 Å². The van der Waals surface area contributed by atoms with Crippen molar-refractivity contribution in [2.24, 2.45) is 0 Å². The maximum absolute atomic E-state index is 12.5. The average Bonchev–Trinajstić information content (AvgIpc) is 3.15. The molecule has 2 amide bonds. The van der Waals surface area contributed by atoms with Crippen molar-refractivity contribution in [3.8, 4) is 5.75 Å². The molecule has 5 nitrogen and oxygen atoms in total. The number of fused-ring (bicyclic) bond motifs is 1. The van der Waals surface area contributed by atoms with Crippen molar-refractivity contribution in [1.82, 2.24) is 5.32 Å². The maximum atomic E-state index is 12.5. The molecule has 0 atom stereocenters. The molecule has 126 valence electrons. The lowest BCUT2D eigenvalue weighted by atomic mass is 10.1. The number of carbonyl (C=O) groups is 2. The van der Waals surface area contributed by atoms with E-state index in [0.717, 1.165) is 30.6 Å². The molecular formula is C18H20N2O3S. The summed E-state index contributed by atoms with van der Waals surface area (Å²) >= 11 is 1.51. The molecule has 1 aliphatic carbocycles. The lowest BCUT2D eigenvalue weighted by molar-refractivity contribution is 0.0963. The van der Waals surface area contributed by atoms with E-state index in [9.17, 15) is 9.59 Å². The van der Waals surface area contributed by atoms with E-state index in [0.29, 0.717) is 22.7 Å². The first-order valence-corrected chi connectivity index (χ1v) is 8.86. The van der Waals surface area contributed by atoms with Crippen molar-refractivity contribution in [1.29, 1.82) is 0 Å². The van der Waals surface area contributed by atoms with Gasteiger partial charge in [-0.3, -0.25) is 9.59 Å². The molecule has 0 saturated carbocycles. The second-order valence-electron chi connectivity index (χ2n) is 5.55. The van der Waals surface area contributed by atoms with Gasteiger partial charge in [0, 0.05) is 17.5 Å². The number of rotatable bonds is 5. The number of nitrogens with one attached hydrogen (secondary N) is 2. The van der Waals surface area contributed by atoms with Gasteiger partial charge in [-0.2, -0.15) is 0 Å². The number of hydrogen-bond acceptors (Lipinski definition) is 4. The summed E-state index contributed by atoms with van der Waals surface area (Å²) in [5.41, 5.74) is 2.24. The van der Waals surface area contributed by atoms with Crippen LogP contribution >= 0.6 is 11.3 Å².